The summed E-state index contributed by atoms with van der Waals surface area (Å²) in [5.41, 5.74) is 3.39. The Hall–Kier alpha value is -3.30. The number of non-ortho nitro benzene ring substituents is 1. The summed E-state index contributed by atoms with van der Waals surface area (Å²) in [4.78, 5) is 27.1. The molecule has 7 nitrogen and oxygen atoms in total. The summed E-state index contributed by atoms with van der Waals surface area (Å²) in [5.74, 6) is 0.270. The Kier molecular flexibility index (Phi) is 6.71. The molecule has 1 aliphatic rings. The van der Waals surface area contributed by atoms with Gasteiger partial charge in [-0.05, 0) is 80.3 Å². The molecule has 0 N–H and O–H groups in total. The van der Waals surface area contributed by atoms with Gasteiger partial charge in [0.2, 0.25) is 5.90 Å². The number of cyclic esters (lactones) is 1. The van der Waals surface area contributed by atoms with Crippen LogP contribution < -0.4 is 4.74 Å². The highest BCUT2D eigenvalue weighted by Crippen LogP contribution is 2.36. The third kappa shape index (κ3) is 5.37. The first-order chi connectivity index (χ1) is 15.8. The average molecular weight is 572 g/mol. The van der Waals surface area contributed by atoms with Gasteiger partial charge in [0.25, 0.3) is 5.69 Å². The number of esters is 1. The molecule has 0 aromatic heterocycles. The number of hydrogen-bond donors (Lipinski definition) is 0. The smallest absolute Gasteiger partial charge is 0.363 e. The van der Waals surface area contributed by atoms with E-state index in [9.17, 15) is 14.9 Å². The van der Waals surface area contributed by atoms with E-state index in [1.54, 1.807) is 30.3 Å². The number of nitro benzene ring substituents is 1. The van der Waals surface area contributed by atoms with Crippen molar-refractivity contribution in [3.05, 3.63) is 108 Å². The Morgan fingerprint density at radius 2 is 1.79 bits per heavy atom. The van der Waals surface area contributed by atoms with E-state index in [4.69, 9.17) is 9.47 Å². The van der Waals surface area contributed by atoms with E-state index in [1.807, 2.05) is 31.2 Å². The van der Waals surface area contributed by atoms with Crippen LogP contribution in [-0.2, 0) is 16.1 Å². The van der Waals surface area contributed by atoms with Crippen LogP contribution in [0.1, 0.15) is 22.3 Å². The van der Waals surface area contributed by atoms with Crippen molar-refractivity contribution in [3.8, 4) is 5.75 Å². The zero-order chi connectivity index (χ0) is 23.5. The largest absolute Gasteiger partial charge is 0.487 e. The van der Waals surface area contributed by atoms with Crippen molar-refractivity contribution >= 4 is 55.5 Å². The number of halogens is 2. The van der Waals surface area contributed by atoms with Crippen LogP contribution in [0.2, 0.25) is 0 Å². The molecule has 0 saturated carbocycles. The van der Waals surface area contributed by atoms with Crippen LogP contribution in [0.3, 0.4) is 0 Å². The number of hydrogen-bond acceptors (Lipinski definition) is 6. The Morgan fingerprint density at radius 3 is 2.45 bits per heavy atom. The minimum Gasteiger partial charge on any atom is -0.487 e. The fraction of sp³-hybridized carbons (Fsp3) is 0.0833. The number of aliphatic imine (C=N–C) groups is 1. The van der Waals surface area contributed by atoms with E-state index >= 15 is 0 Å². The minimum atomic E-state index is -0.524. The van der Waals surface area contributed by atoms with Crippen molar-refractivity contribution in [3.63, 3.8) is 0 Å². The lowest BCUT2D eigenvalue weighted by Crippen LogP contribution is -2.05. The van der Waals surface area contributed by atoms with Gasteiger partial charge in [0.05, 0.1) is 13.9 Å². The first-order valence-electron chi connectivity index (χ1n) is 9.75. The number of nitrogens with zero attached hydrogens (tertiary/aromatic N) is 2. The van der Waals surface area contributed by atoms with E-state index in [2.05, 4.69) is 36.9 Å². The number of rotatable bonds is 6. The topological polar surface area (TPSA) is 91.0 Å². The first-order valence-corrected chi connectivity index (χ1v) is 11.3. The number of nitro groups is 1. The van der Waals surface area contributed by atoms with Crippen LogP contribution in [0.25, 0.3) is 6.08 Å². The van der Waals surface area contributed by atoms with E-state index in [-0.39, 0.29) is 23.9 Å². The van der Waals surface area contributed by atoms with Gasteiger partial charge in [-0.3, -0.25) is 10.1 Å². The molecular weight excluding hydrogens is 556 g/mol. The second-order valence-electron chi connectivity index (χ2n) is 7.23. The van der Waals surface area contributed by atoms with E-state index < -0.39 is 10.9 Å². The predicted octanol–water partition coefficient (Wildman–Crippen LogP) is 6.35. The van der Waals surface area contributed by atoms with Gasteiger partial charge >= 0.3 is 5.97 Å². The maximum absolute atomic E-state index is 12.3. The van der Waals surface area contributed by atoms with Crippen LogP contribution in [0, 0.1) is 17.0 Å². The summed E-state index contributed by atoms with van der Waals surface area (Å²) >= 11 is 6.97. The van der Waals surface area contributed by atoms with E-state index in [0.29, 0.717) is 25.8 Å². The molecule has 0 radical (unpaired) electrons. The molecule has 4 rings (SSSR count). The molecule has 1 aliphatic heterocycles. The molecule has 33 heavy (non-hydrogen) atoms. The number of ether oxygens (including phenoxy) is 2. The summed E-state index contributed by atoms with van der Waals surface area (Å²) < 4.78 is 12.5. The Labute approximate surface area is 206 Å². The molecule has 0 aliphatic carbocycles. The molecule has 0 unspecified atom stereocenters. The molecule has 0 bridgehead atoms. The molecular formula is C24H16Br2N2O5. The highest BCUT2D eigenvalue weighted by molar-refractivity contribution is 9.11. The number of carbonyl (C=O) groups excluding carboxylic acids is 1. The van der Waals surface area contributed by atoms with Crippen molar-refractivity contribution in [2.45, 2.75) is 13.5 Å². The van der Waals surface area contributed by atoms with Crippen LogP contribution in [0.15, 0.2) is 80.3 Å². The van der Waals surface area contributed by atoms with Gasteiger partial charge in [-0.1, -0.05) is 29.8 Å². The molecule has 1 heterocycles. The van der Waals surface area contributed by atoms with Crippen LogP contribution in [0.5, 0.6) is 5.75 Å². The van der Waals surface area contributed by atoms with Gasteiger partial charge in [0.15, 0.2) is 5.70 Å². The maximum Gasteiger partial charge on any atom is 0.363 e. The van der Waals surface area contributed by atoms with Crippen molar-refractivity contribution in [1.82, 2.24) is 0 Å². The van der Waals surface area contributed by atoms with Gasteiger partial charge in [-0.15, -0.1) is 0 Å². The van der Waals surface area contributed by atoms with Crippen LogP contribution in [0.4, 0.5) is 5.69 Å². The van der Waals surface area contributed by atoms with Crippen molar-refractivity contribution in [2.75, 3.05) is 0 Å². The Morgan fingerprint density at radius 1 is 1.09 bits per heavy atom. The zero-order valence-corrected chi connectivity index (χ0v) is 20.4. The SMILES string of the molecule is Cc1ccc(C2=N/C(=C\c3cc(Br)c(OCc4cccc([N+](=O)[O-])c4)c(Br)c3)C(=O)O2)cc1. The van der Waals surface area contributed by atoms with Crippen molar-refractivity contribution in [2.24, 2.45) is 4.99 Å². The number of aryl methyl sites for hydroxylation is 1. The Balaban J connectivity index is 1.54. The lowest BCUT2D eigenvalue weighted by molar-refractivity contribution is -0.384. The number of benzene rings is 3. The maximum atomic E-state index is 12.3. The fourth-order valence-corrected chi connectivity index (χ4v) is 4.55. The monoisotopic (exact) mass is 570 g/mol. The van der Waals surface area contributed by atoms with Crippen molar-refractivity contribution < 1.29 is 19.2 Å². The second kappa shape index (κ2) is 9.68. The molecule has 0 atom stereocenters. The van der Waals surface area contributed by atoms with Gasteiger partial charge in [-0.2, -0.15) is 0 Å². The quantitative estimate of drug-likeness (QED) is 0.149. The molecule has 9 heteroatoms. The molecule has 3 aromatic carbocycles. The standard InChI is InChI=1S/C24H16Br2N2O5/c1-14-5-7-17(8-6-14)23-27-21(24(29)33-23)12-16-10-19(25)22(20(26)11-16)32-13-15-3-2-4-18(9-15)28(30)31/h2-12H,13H2,1H3/b21-12-. The normalized spacial score (nSPS) is 14.2. The summed E-state index contributed by atoms with van der Waals surface area (Å²) in [6.45, 7) is 2.13. The lowest BCUT2D eigenvalue weighted by atomic mass is 10.1. The average Bonchev–Trinajstić information content (AvgIpc) is 3.14. The summed E-state index contributed by atoms with van der Waals surface area (Å²) in [6, 6.07) is 17.4. The van der Waals surface area contributed by atoms with Crippen LogP contribution >= 0.6 is 31.9 Å². The second-order valence-corrected chi connectivity index (χ2v) is 8.94. The summed E-state index contributed by atoms with van der Waals surface area (Å²) in [5, 5.41) is 11.0. The molecule has 3 aromatic rings. The van der Waals surface area contributed by atoms with Gasteiger partial charge in [-0.25, -0.2) is 9.79 Å². The molecule has 0 amide bonds. The van der Waals surface area contributed by atoms with E-state index in [0.717, 1.165) is 11.1 Å². The van der Waals surface area contributed by atoms with Gasteiger partial charge in [0.1, 0.15) is 12.4 Å². The first kappa shape index (κ1) is 22.9. The third-order valence-electron chi connectivity index (χ3n) is 4.75. The molecule has 0 fully saturated rings. The number of carbonyl (C=O) groups is 1. The molecule has 0 spiro atoms. The highest BCUT2D eigenvalue weighted by atomic mass is 79.9. The molecule has 0 saturated heterocycles. The van der Waals surface area contributed by atoms with Crippen molar-refractivity contribution in [1.29, 1.82) is 0 Å². The van der Waals surface area contributed by atoms with Gasteiger partial charge < -0.3 is 9.47 Å². The predicted molar refractivity (Wildman–Crippen MR) is 131 cm³/mol. The highest BCUT2D eigenvalue weighted by Gasteiger charge is 2.24. The molecule has 166 valence electrons. The lowest BCUT2D eigenvalue weighted by Gasteiger charge is -2.11. The van der Waals surface area contributed by atoms with Crippen LogP contribution in [-0.4, -0.2) is 16.8 Å². The Bertz CT molecular complexity index is 1290. The summed E-state index contributed by atoms with van der Waals surface area (Å²) in [6.07, 6.45) is 1.63. The minimum absolute atomic E-state index is 0.00483. The third-order valence-corrected chi connectivity index (χ3v) is 5.93. The van der Waals surface area contributed by atoms with E-state index in [1.165, 1.54) is 12.1 Å². The summed E-state index contributed by atoms with van der Waals surface area (Å²) in [7, 11) is 0. The zero-order valence-electron chi connectivity index (χ0n) is 17.2. The fourth-order valence-electron chi connectivity index (χ4n) is 3.10. The van der Waals surface area contributed by atoms with Gasteiger partial charge in [0, 0.05) is 17.7 Å².